The van der Waals surface area contributed by atoms with E-state index in [9.17, 15) is 4.79 Å². The average molecular weight is 136 g/mol. The number of Topliss-reactive ketones (excluding diaryl/α,β-unsaturated/α-hetero) is 1. The van der Waals surface area contributed by atoms with Crippen LogP contribution in [-0.4, -0.2) is 5.78 Å². The van der Waals surface area contributed by atoms with Gasteiger partial charge in [0.1, 0.15) is 0 Å². The first-order valence-electron chi connectivity index (χ1n) is 3.81. The first-order chi connectivity index (χ1) is 4.57. The third-order valence-electron chi connectivity index (χ3n) is 3.24. The molecule has 0 unspecified atom stereocenters. The lowest BCUT2D eigenvalue weighted by Gasteiger charge is -1.97. The van der Waals surface area contributed by atoms with Crippen molar-refractivity contribution >= 4 is 5.78 Å². The number of fused-ring (bicyclic) bond motifs is 1. The van der Waals surface area contributed by atoms with Crippen LogP contribution >= 0.6 is 0 Å². The van der Waals surface area contributed by atoms with E-state index in [2.05, 4.69) is 19.9 Å². The summed E-state index contributed by atoms with van der Waals surface area (Å²) in [6.07, 6.45) is 2.14. The summed E-state index contributed by atoms with van der Waals surface area (Å²) in [7, 11) is 0. The van der Waals surface area contributed by atoms with Crippen molar-refractivity contribution in [3.63, 3.8) is 0 Å². The molecule has 0 radical (unpaired) electrons. The van der Waals surface area contributed by atoms with Crippen molar-refractivity contribution < 1.29 is 4.79 Å². The predicted molar refractivity (Wildman–Crippen MR) is 39.5 cm³/mol. The molecule has 2 aliphatic carbocycles. The maximum atomic E-state index is 11.3. The van der Waals surface area contributed by atoms with Gasteiger partial charge in [-0.25, -0.2) is 0 Å². The number of hydrogen-bond donors (Lipinski definition) is 0. The Labute approximate surface area is 61.1 Å². The normalized spacial score (nSPS) is 50.7. The fourth-order valence-electron chi connectivity index (χ4n) is 2.27. The van der Waals surface area contributed by atoms with Gasteiger partial charge in [0.25, 0.3) is 0 Å². The summed E-state index contributed by atoms with van der Waals surface area (Å²) < 4.78 is 0. The zero-order chi connectivity index (χ0) is 7.52. The van der Waals surface area contributed by atoms with Gasteiger partial charge in [-0.15, -0.1) is 0 Å². The summed E-state index contributed by atoms with van der Waals surface area (Å²) in [5.41, 5.74) is 1.23. The maximum Gasteiger partial charge on any atom is 0.162 e. The minimum atomic E-state index is 0.251. The smallest absolute Gasteiger partial charge is 0.162 e. The molecule has 0 saturated heterocycles. The van der Waals surface area contributed by atoms with Crippen LogP contribution in [0.2, 0.25) is 0 Å². The van der Waals surface area contributed by atoms with Crippen molar-refractivity contribution in [2.75, 3.05) is 0 Å². The monoisotopic (exact) mass is 136 g/mol. The summed E-state index contributed by atoms with van der Waals surface area (Å²) in [5.74, 6) is 1.33. The second-order valence-corrected chi connectivity index (χ2v) is 3.82. The van der Waals surface area contributed by atoms with Crippen LogP contribution in [0, 0.1) is 17.3 Å². The highest BCUT2D eigenvalue weighted by atomic mass is 16.1. The number of carbonyl (C=O) groups is 1. The Kier molecular flexibility index (Phi) is 0.837. The van der Waals surface area contributed by atoms with Gasteiger partial charge in [-0.3, -0.25) is 4.79 Å². The highest BCUT2D eigenvalue weighted by Gasteiger charge is 2.64. The second-order valence-electron chi connectivity index (χ2n) is 3.82. The van der Waals surface area contributed by atoms with E-state index in [1.807, 2.05) is 6.92 Å². The quantitative estimate of drug-likeness (QED) is 0.496. The Morgan fingerprint density at radius 3 is 2.50 bits per heavy atom. The molecule has 0 aromatic heterocycles. The van der Waals surface area contributed by atoms with Crippen molar-refractivity contribution in [2.24, 2.45) is 17.3 Å². The molecule has 54 valence electrons. The first kappa shape index (κ1) is 6.14. The zero-order valence-electron chi connectivity index (χ0n) is 6.64. The molecule has 1 heteroatoms. The fraction of sp³-hybridized carbons (Fsp3) is 0.667. The molecule has 2 aliphatic rings. The van der Waals surface area contributed by atoms with Gasteiger partial charge < -0.3 is 0 Å². The molecule has 2 rings (SSSR count). The van der Waals surface area contributed by atoms with Crippen LogP contribution in [0.3, 0.4) is 0 Å². The van der Waals surface area contributed by atoms with E-state index >= 15 is 0 Å². The third kappa shape index (κ3) is 0.437. The lowest BCUT2D eigenvalue weighted by atomic mass is 10.1. The van der Waals surface area contributed by atoms with E-state index in [1.54, 1.807) is 0 Å². The topological polar surface area (TPSA) is 17.1 Å². The van der Waals surface area contributed by atoms with Gasteiger partial charge in [0, 0.05) is 5.92 Å². The Morgan fingerprint density at radius 1 is 1.60 bits per heavy atom. The van der Waals surface area contributed by atoms with Gasteiger partial charge >= 0.3 is 0 Å². The SMILES string of the molecule is CC1=C[C@]2(C)[C@H](C)[C@@H]2C1=O. The molecule has 0 heterocycles. The van der Waals surface area contributed by atoms with E-state index in [0.717, 1.165) is 5.57 Å². The Morgan fingerprint density at radius 2 is 2.20 bits per heavy atom. The minimum absolute atomic E-state index is 0.251. The average Bonchev–Trinajstić information content (AvgIpc) is 2.23. The van der Waals surface area contributed by atoms with Gasteiger partial charge in [-0.05, 0) is 23.8 Å². The molecular formula is C9H12O. The maximum absolute atomic E-state index is 11.3. The van der Waals surface area contributed by atoms with E-state index in [-0.39, 0.29) is 5.41 Å². The first-order valence-corrected chi connectivity index (χ1v) is 3.81. The van der Waals surface area contributed by atoms with Crippen molar-refractivity contribution in [1.82, 2.24) is 0 Å². The van der Waals surface area contributed by atoms with E-state index in [4.69, 9.17) is 0 Å². The van der Waals surface area contributed by atoms with Gasteiger partial charge in [0.15, 0.2) is 5.78 Å². The number of hydrogen-bond acceptors (Lipinski definition) is 1. The Bertz CT molecular complexity index is 239. The molecule has 3 atom stereocenters. The number of allylic oxidation sites excluding steroid dienone is 2. The largest absolute Gasteiger partial charge is 0.294 e. The summed E-state index contributed by atoms with van der Waals surface area (Å²) >= 11 is 0. The van der Waals surface area contributed by atoms with Crippen LogP contribution in [0.15, 0.2) is 11.6 Å². The summed E-state index contributed by atoms with van der Waals surface area (Å²) in [4.78, 5) is 11.3. The molecule has 10 heavy (non-hydrogen) atoms. The predicted octanol–water partition coefficient (Wildman–Crippen LogP) is 1.79. The van der Waals surface area contributed by atoms with Gasteiger partial charge in [0.2, 0.25) is 0 Å². The van der Waals surface area contributed by atoms with Crippen molar-refractivity contribution in [1.29, 1.82) is 0 Å². The van der Waals surface area contributed by atoms with Crippen molar-refractivity contribution in [3.8, 4) is 0 Å². The highest BCUT2D eigenvalue weighted by Crippen LogP contribution is 2.64. The standard InChI is InChI=1S/C9H12O/c1-5-4-9(3)6(2)7(9)8(5)10/h4,6-7H,1-3H3/t6-,7-,9-/m1/s1. The highest BCUT2D eigenvalue weighted by molar-refractivity contribution is 6.03. The third-order valence-corrected chi connectivity index (χ3v) is 3.24. The molecule has 0 aromatic rings. The lowest BCUT2D eigenvalue weighted by Crippen LogP contribution is -1.99. The molecule has 1 fully saturated rings. The van der Waals surface area contributed by atoms with Crippen LogP contribution in [0.1, 0.15) is 20.8 Å². The molecule has 1 saturated carbocycles. The Hall–Kier alpha value is -0.590. The van der Waals surface area contributed by atoms with E-state index in [1.165, 1.54) is 0 Å². The second kappa shape index (κ2) is 1.36. The summed E-state index contributed by atoms with van der Waals surface area (Å²) in [5, 5.41) is 0. The van der Waals surface area contributed by atoms with Crippen LogP contribution < -0.4 is 0 Å². The van der Waals surface area contributed by atoms with Crippen molar-refractivity contribution in [3.05, 3.63) is 11.6 Å². The fourth-order valence-corrected chi connectivity index (χ4v) is 2.27. The van der Waals surface area contributed by atoms with Crippen LogP contribution in [0.25, 0.3) is 0 Å². The number of rotatable bonds is 0. The van der Waals surface area contributed by atoms with E-state index < -0.39 is 0 Å². The zero-order valence-corrected chi connectivity index (χ0v) is 6.64. The molecular weight excluding hydrogens is 124 g/mol. The van der Waals surface area contributed by atoms with Gasteiger partial charge in [-0.2, -0.15) is 0 Å². The summed E-state index contributed by atoms with van der Waals surface area (Å²) in [6.45, 7) is 6.26. The lowest BCUT2D eigenvalue weighted by molar-refractivity contribution is -0.116. The summed E-state index contributed by atoms with van der Waals surface area (Å²) in [6, 6.07) is 0. The van der Waals surface area contributed by atoms with Gasteiger partial charge in [-0.1, -0.05) is 19.9 Å². The molecule has 0 N–H and O–H groups in total. The number of ketones is 1. The molecule has 0 aliphatic heterocycles. The van der Waals surface area contributed by atoms with Crippen LogP contribution in [-0.2, 0) is 4.79 Å². The van der Waals surface area contributed by atoms with Crippen molar-refractivity contribution in [2.45, 2.75) is 20.8 Å². The molecule has 1 nitrogen and oxygen atoms in total. The molecule has 0 bridgehead atoms. The molecule has 0 amide bonds. The van der Waals surface area contributed by atoms with Gasteiger partial charge in [0.05, 0.1) is 0 Å². The molecule has 0 spiro atoms. The minimum Gasteiger partial charge on any atom is -0.294 e. The van der Waals surface area contributed by atoms with E-state index in [0.29, 0.717) is 17.6 Å². The number of carbonyl (C=O) groups excluding carboxylic acids is 1. The Balaban J connectivity index is 2.41. The van der Waals surface area contributed by atoms with Crippen LogP contribution in [0.4, 0.5) is 0 Å². The van der Waals surface area contributed by atoms with Crippen LogP contribution in [0.5, 0.6) is 0 Å². The molecule has 0 aromatic carbocycles.